The maximum atomic E-state index is 4.53. The lowest BCUT2D eigenvalue weighted by atomic mass is 9.91. The van der Waals surface area contributed by atoms with E-state index in [0.717, 1.165) is 12.1 Å². The molecule has 114 valence electrons. The van der Waals surface area contributed by atoms with Crippen molar-refractivity contribution in [3.8, 4) is 0 Å². The van der Waals surface area contributed by atoms with E-state index in [0.29, 0.717) is 12.1 Å². The van der Waals surface area contributed by atoms with E-state index in [1.165, 1.54) is 35.4 Å². The van der Waals surface area contributed by atoms with Gasteiger partial charge >= 0.3 is 0 Å². The van der Waals surface area contributed by atoms with Crippen LogP contribution in [0.1, 0.15) is 60.1 Å². The van der Waals surface area contributed by atoms with Crippen molar-refractivity contribution in [3.05, 3.63) is 34.4 Å². The van der Waals surface area contributed by atoms with Gasteiger partial charge in [-0.3, -0.25) is 9.36 Å². The average Bonchev–Trinajstić information content (AvgIpc) is 2.92. The Kier molecular flexibility index (Phi) is 3.61. The molecule has 2 heterocycles. The van der Waals surface area contributed by atoms with Crippen LogP contribution >= 0.6 is 0 Å². The van der Waals surface area contributed by atoms with Crippen molar-refractivity contribution in [2.24, 2.45) is 14.1 Å². The molecule has 0 amide bonds. The van der Waals surface area contributed by atoms with Crippen LogP contribution in [0.3, 0.4) is 0 Å². The molecule has 1 N–H and O–H groups in total. The van der Waals surface area contributed by atoms with Gasteiger partial charge in [0.25, 0.3) is 0 Å². The summed E-state index contributed by atoms with van der Waals surface area (Å²) in [7, 11) is 4.05. The summed E-state index contributed by atoms with van der Waals surface area (Å²) in [4.78, 5) is 0. The summed E-state index contributed by atoms with van der Waals surface area (Å²) in [6.45, 7) is 6.47. The van der Waals surface area contributed by atoms with E-state index < -0.39 is 0 Å². The van der Waals surface area contributed by atoms with Crippen molar-refractivity contribution in [2.75, 3.05) is 0 Å². The number of rotatable bonds is 3. The molecule has 0 spiro atoms. The van der Waals surface area contributed by atoms with Crippen LogP contribution in [0.5, 0.6) is 0 Å². The first-order valence-electron chi connectivity index (χ1n) is 7.76. The van der Waals surface area contributed by atoms with Crippen LogP contribution in [0.25, 0.3) is 0 Å². The second-order valence-corrected chi connectivity index (χ2v) is 6.21. The molecule has 0 bridgehead atoms. The predicted molar refractivity (Wildman–Crippen MR) is 83.1 cm³/mol. The van der Waals surface area contributed by atoms with Gasteiger partial charge in [0.05, 0.1) is 11.9 Å². The van der Waals surface area contributed by atoms with Crippen LogP contribution < -0.4 is 5.32 Å². The Balaban J connectivity index is 1.84. The van der Waals surface area contributed by atoms with Gasteiger partial charge in [-0.05, 0) is 40.0 Å². The SMILES string of the molecule is Cc1nn(C)c(C)c1C(C)NC1CCCc2c1cnn2C. The van der Waals surface area contributed by atoms with Crippen LogP contribution in [0, 0.1) is 13.8 Å². The van der Waals surface area contributed by atoms with E-state index in [9.17, 15) is 0 Å². The van der Waals surface area contributed by atoms with Crippen LogP contribution in [-0.4, -0.2) is 19.6 Å². The number of aromatic nitrogens is 4. The maximum absolute atomic E-state index is 4.53. The molecule has 1 aliphatic carbocycles. The molecule has 0 saturated carbocycles. The quantitative estimate of drug-likeness (QED) is 0.943. The highest BCUT2D eigenvalue weighted by Gasteiger charge is 2.26. The fourth-order valence-electron chi connectivity index (χ4n) is 3.68. The molecule has 0 fully saturated rings. The lowest BCUT2D eigenvalue weighted by Crippen LogP contribution is -2.28. The van der Waals surface area contributed by atoms with E-state index in [4.69, 9.17) is 0 Å². The molecule has 0 aliphatic heterocycles. The lowest BCUT2D eigenvalue weighted by Gasteiger charge is -2.27. The number of nitrogens with zero attached hydrogens (tertiary/aromatic N) is 4. The zero-order valence-electron chi connectivity index (χ0n) is 13.6. The second kappa shape index (κ2) is 5.30. The Morgan fingerprint density at radius 1 is 1.29 bits per heavy atom. The monoisotopic (exact) mass is 287 g/mol. The summed E-state index contributed by atoms with van der Waals surface area (Å²) in [5.41, 5.74) is 6.45. The normalized spacial score (nSPS) is 19.6. The Hall–Kier alpha value is -1.62. The topological polar surface area (TPSA) is 47.7 Å². The first-order chi connectivity index (χ1) is 9.99. The molecular formula is C16H25N5. The van der Waals surface area contributed by atoms with E-state index >= 15 is 0 Å². The summed E-state index contributed by atoms with van der Waals surface area (Å²) >= 11 is 0. The largest absolute Gasteiger partial charge is 0.303 e. The van der Waals surface area contributed by atoms with Crippen LogP contribution in [0.15, 0.2) is 6.20 Å². The summed E-state index contributed by atoms with van der Waals surface area (Å²) in [5, 5.41) is 12.8. The molecule has 5 nitrogen and oxygen atoms in total. The molecule has 3 rings (SSSR count). The van der Waals surface area contributed by atoms with Crippen molar-refractivity contribution >= 4 is 0 Å². The lowest BCUT2D eigenvalue weighted by molar-refractivity contribution is 0.409. The van der Waals surface area contributed by atoms with Gasteiger partial charge in [0.15, 0.2) is 0 Å². The van der Waals surface area contributed by atoms with Gasteiger partial charge in [0, 0.05) is 48.7 Å². The summed E-state index contributed by atoms with van der Waals surface area (Å²) in [6, 6.07) is 0.700. The van der Waals surface area contributed by atoms with Crippen molar-refractivity contribution in [2.45, 2.75) is 52.1 Å². The van der Waals surface area contributed by atoms with E-state index in [2.05, 4.69) is 36.3 Å². The van der Waals surface area contributed by atoms with Gasteiger partial charge in [-0.25, -0.2) is 0 Å². The predicted octanol–water partition coefficient (Wildman–Crippen LogP) is 2.50. The third-order valence-corrected chi connectivity index (χ3v) is 4.82. The maximum Gasteiger partial charge on any atom is 0.0644 e. The minimum Gasteiger partial charge on any atom is -0.303 e. The molecule has 0 aromatic carbocycles. The van der Waals surface area contributed by atoms with Crippen LogP contribution in [-0.2, 0) is 20.5 Å². The Bertz CT molecular complexity index is 652. The molecule has 2 unspecified atom stereocenters. The van der Waals surface area contributed by atoms with Gasteiger partial charge in [-0.15, -0.1) is 0 Å². The molecule has 0 saturated heterocycles. The number of aryl methyl sites for hydroxylation is 3. The van der Waals surface area contributed by atoms with E-state index in [1.807, 2.05) is 29.7 Å². The molecule has 2 aromatic rings. The fraction of sp³-hybridized carbons (Fsp3) is 0.625. The standard InChI is InChI=1S/C16H25N5/c1-10(16-11(2)19-20(4)12(16)3)18-14-7-6-8-15-13(14)9-17-21(15)5/h9-10,14,18H,6-8H2,1-5H3. The summed E-state index contributed by atoms with van der Waals surface area (Å²) in [5.74, 6) is 0. The first kappa shape index (κ1) is 14.3. The minimum absolute atomic E-state index is 0.301. The molecule has 5 heteroatoms. The van der Waals surface area contributed by atoms with Gasteiger partial charge in [0.2, 0.25) is 0 Å². The van der Waals surface area contributed by atoms with E-state index in [1.54, 1.807) is 0 Å². The third-order valence-electron chi connectivity index (χ3n) is 4.82. The number of hydrogen-bond donors (Lipinski definition) is 1. The summed E-state index contributed by atoms with van der Waals surface area (Å²) < 4.78 is 3.99. The molecular weight excluding hydrogens is 262 g/mol. The Labute approximate surface area is 126 Å². The van der Waals surface area contributed by atoms with Gasteiger partial charge in [-0.1, -0.05) is 0 Å². The number of fused-ring (bicyclic) bond motifs is 1. The number of hydrogen-bond acceptors (Lipinski definition) is 3. The zero-order valence-corrected chi connectivity index (χ0v) is 13.6. The van der Waals surface area contributed by atoms with Crippen molar-refractivity contribution in [1.82, 2.24) is 24.9 Å². The smallest absolute Gasteiger partial charge is 0.0644 e. The van der Waals surface area contributed by atoms with Gasteiger partial charge < -0.3 is 5.32 Å². The van der Waals surface area contributed by atoms with Crippen molar-refractivity contribution in [1.29, 1.82) is 0 Å². The molecule has 2 atom stereocenters. The van der Waals surface area contributed by atoms with Gasteiger partial charge in [-0.2, -0.15) is 10.2 Å². The molecule has 0 radical (unpaired) electrons. The second-order valence-electron chi connectivity index (χ2n) is 6.21. The highest BCUT2D eigenvalue weighted by atomic mass is 15.3. The zero-order chi connectivity index (χ0) is 15.1. The van der Waals surface area contributed by atoms with Crippen molar-refractivity contribution in [3.63, 3.8) is 0 Å². The first-order valence-corrected chi connectivity index (χ1v) is 7.76. The number of nitrogens with one attached hydrogen (secondary N) is 1. The summed E-state index contributed by atoms with van der Waals surface area (Å²) in [6.07, 6.45) is 5.58. The minimum atomic E-state index is 0.301. The van der Waals surface area contributed by atoms with Crippen LogP contribution in [0.2, 0.25) is 0 Å². The average molecular weight is 287 g/mol. The molecule has 21 heavy (non-hydrogen) atoms. The highest BCUT2D eigenvalue weighted by Crippen LogP contribution is 2.32. The van der Waals surface area contributed by atoms with Crippen LogP contribution in [0.4, 0.5) is 0 Å². The Morgan fingerprint density at radius 3 is 2.71 bits per heavy atom. The van der Waals surface area contributed by atoms with Gasteiger partial charge in [0.1, 0.15) is 0 Å². The van der Waals surface area contributed by atoms with Crippen molar-refractivity contribution < 1.29 is 0 Å². The third kappa shape index (κ3) is 2.39. The Morgan fingerprint density at radius 2 is 2.05 bits per heavy atom. The fourth-order valence-corrected chi connectivity index (χ4v) is 3.68. The molecule has 1 aliphatic rings. The highest BCUT2D eigenvalue weighted by molar-refractivity contribution is 5.30. The van der Waals surface area contributed by atoms with E-state index in [-0.39, 0.29) is 0 Å². The molecule has 2 aromatic heterocycles.